The van der Waals surface area contributed by atoms with Gasteiger partial charge >= 0.3 is 0 Å². The second-order valence-corrected chi connectivity index (χ2v) is 6.53. The summed E-state index contributed by atoms with van der Waals surface area (Å²) in [4.78, 5) is 11.8. The molecule has 0 amide bonds. The average molecular weight is 297 g/mol. The number of carbonyl (C=O) groups excluding carboxylic acids is 1. The lowest BCUT2D eigenvalue weighted by atomic mass is 10.1. The first-order valence-electron chi connectivity index (χ1n) is 7.10. The Bertz CT molecular complexity index is 552. The molecule has 0 aromatic heterocycles. The van der Waals surface area contributed by atoms with E-state index in [4.69, 9.17) is 0 Å². The first kappa shape index (κ1) is 16.9. The topological polar surface area (TPSA) is 63.2 Å². The summed E-state index contributed by atoms with van der Waals surface area (Å²) in [7, 11) is -3.56. The second-order valence-electron chi connectivity index (χ2n) is 4.82. The summed E-state index contributed by atoms with van der Waals surface area (Å²) in [6, 6.07) is 6.17. The molecule has 1 atom stereocenters. The van der Waals surface area contributed by atoms with E-state index in [1.165, 1.54) is 12.1 Å². The van der Waals surface area contributed by atoms with E-state index in [9.17, 15) is 13.2 Å². The Morgan fingerprint density at radius 1 is 1.25 bits per heavy atom. The van der Waals surface area contributed by atoms with E-state index in [2.05, 4.69) is 4.72 Å². The molecule has 0 saturated carbocycles. The summed E-state index contributed by atoms with van der Waals surface area (Å²) in [5.41, 5.74) is 0.443. The van der Waals surface area contributed by atoms with E-state index in [0.717, 1.165) is 19.3 Å². The minimum absolute atomic E-state index is 0.0531. The minimum atomic E-state index is -3.56. The molecule has 0 heterocycles. The molecule has 1 aromatic carbocycles. The number of hydrogen-bond acceptors (Lipinski definition) is 3. The smallest absolute Gasteiger partial charge is 0.240 e. The van der Waals surface area contributed by atoms with Crippen LogP contribution in [0.15, 0.2) is 29.2 Å². The van der Waals surface area contributed by atoms with Crippen LogP contribution in [0.4, 0.5) is 0 Å². The van der Waals surface area contributed by atoms with Crippen molar-refractivity contribution in [2.75, 3.05) is 0 Å². The van der Waals surface area contributed by atoms with Crippen LogP contribution in [0.2, 0.25) is 0 Å². The van der Waals surface area contributed by atoms with Crippen molar-refractivity contribution in [3.05, 3.63) is 29.8 Å². The van der Waals surface area contributed by atoms with Crippen molar-refractivity contribution in [2.45, 2.75) is 57.4 Å². The Hall–Kier alpha value is -1.20. The van der Waals surface area contributed by atoms with Crippen LogP contribution in [0.3, 0.4) is 0 Å². The van der Waals surface area contributed by atoms with E-state index in [-0.39, 0.29) is 16.7 Å². The zero-order valence-corrected chi connectivity index (χ0v) is 13.2. The average Bonchev–Trinajstić information content (AvgIpc) is 2.45. The number of rotatable bonds is 8. The predicted octanol–water partition coefficient (Wildman–Crippen LogP) is 3.14. The van der Waals surface area contributed by atoms with Crippen molar-refractivity contribution in [1.29, 1.82) is 0 Å². The normalized spacial score (nSPS) is 13.2. The van der Waals surface area contributed by atoms with Gasteiger partial charge < -0.3 is 0 Å². The van der Waals surface area contributed by atoms with Crippen LogP contribution < -0.4 is 4.72 Å². The summed E-state index contributed by atoms with van der Waals surface area (Å²) in [5.74, 6) is -0.0531. The molecular weight excluding hydrogens is 274 g/mol. The van der Waals surface area contributed by atoms with Crippen molar-refractivity contribution in [1.82, 2.24) is 4.72 Å². The van der Waals surface area contributed by atoms with Crippen LogP contribution in [-0.2, 0) is 10.0 Å². The van der Waals surface area contributed by atoms with E-state index in [1.807, 2.05) is 13.8 Å². The maximum atomic E-state index is 12.3. The molecule has 0 aliphatic heterocycles. The van der Waals surface area contributed by atoms with E-state index in [1.54, 1.807) is 19.1 Å². The van der Waals surface area contributed by atoms with Crippen LogP contribution in [0.1, 0.15) is 56.8 Å². The first-order chi connectivity index (χ1) is 9.44. The van der Waals surface area contributed by atoms with Gasteiger partial charge in [0.2, 0.25) is 10.0 Å². The Kier molecular flexibility index (Phi) is 6.36. The predicted molar refractivity (Wildman–Crippen MR) is 80.4 cm³/mol. The highest BCUT2D eigenvalue weighted by Gasteiger charge is 2.19. The largest absolute Gasteiger partial charge is 0.294 e. The van der Waals surface area contributed by atoms with E-state index >= 15 is 0 Å². The molecule has 4 nitrogen and oxygen atoms in total. The van der Waals surface area contributed by atoms with Crippen LogP contribution in [0, 0.1) is 0 Å². The van der Waals surface area contributed by atoms with Crippen molar-refractivity contribution >= 4 is 15.8 Å². The van der Waals surface area contributed by atoms with Crippen LogP contribution in [0.25, 0.3) is 0 Å². The highest BCUT2D eigenvalue weighted by Crippen LogP contribution is 2.15. The third kappa shape index (κ3) is 4.42. The summed E-state index contributed by atoms with van der Waals surface area (Å²) in [6.45, 7) is 5.74. The fraction of sp³-hybridized carbons (Fsp3) is 0.533. The molecular formula is C15H23NO3S. The Morgan fingerprint density at radius 2 is 1.95 bits per heavy atom. The number of hydrogen-bond donors (Lipinski definition) is 1. The van der Waals surface area contributed by atoms with E-state index < -0.39 is 10.0 Å². The molecule has 0 fully saturated rings. The fourth-order valence-electron chi connectivity index (χ4n) is 2.02. The van der Waals surface area contributed by atoms with Crippen LogP contribution >= 0.6 is 0 Å². The molecule has 20 heavy (non-hydrogen) atoms. The molecule has 0 aliphatic carbocycles. The molecule has 5 heteroatoms. The monoisotopic (exact) mass is 297 g/mol. The maximum absolute atomic E-state index is 12.3. The third-order valence-electron chi connectivity index (χ3n) is 3.24. The van der Waals surface area contributed by atoms with Gasteiger partial charge in [-0.05, 0) is 25.0 Å². The SMILES string of the molecule is CCCC(CC)NS(=O)(=O)c1cccc(C(=O)CC)c1. The van der Waals surface area contributed by atoms with Crippen LogP contribution in [0.5, 0.6) is 0 Å². The molecule has 0 saturated heterocycles. The minimum Gasteiger partial charge on any atom is -0.294 e. The zero-order chi connectivity index (χ0) is 15.2. The van der Waals surface area contributed by atoms with Gasteiger partial charge in [-0.3, -0.25) is 4.79 Å². The Morgan fingerprint density at radius 3 is 2.50 bits per heavy atom. The number of ketones is 1. The van der Waals surface area contributed by atoms with Gasteiger partial charge in [-0.25, -0.2) is 13.1 Å². The highest BCUT2D eigenvalue weighted by molar-refractivity contribution is 7.89. The van der Waals surface area contributed by atoms with Crippen molar-refractivity contribution in [3.8, 4) is 0 Å². The van der Waals surface area contributed by atoms with Gasteiger partial charge in [0.05, 0.1) is 4.90 Å². The lowest BCUT2D eigenvalue weighted by molar-refractivity contribution is 0.0988. The number of nitrogens with one attached hydrogen (secondary N) is 1. The highest BCUT2D eigenvalue weighted by atomic mass is 32.2. The molecule has 1 N–H and O–H groups in total. The van der Waals surface area contributed by atoms with Gasteiger partial charge in [-0.2, -0.15) is 0 Å². The second kappa shape index (κ2) is 7.55. The lowest BCUT2D eigenvalue weighted by Gasteiger charge is -2.16. The van der Waals surface area contributed by atoms with Gasteiger partial charge in [-0.15, -0.1) is 0 Å². The van der Waals surface area contributed by atoms with E-state index in [0.29, 0.717) is 12.0 Å². The number of carbonyl (C=O) groups is 1. The zero-order valence-electron chi connectivity index (χ0n) is 12.3. The molecule has 1 unspecified atom stereocenters. The summed E-state index contributed by atoms with van der Waals surface area (Å²) in [5, 5.41) is 0. The summed E-state index contributed by atoms with van der Waals surface area (Å²) >= 11 is 0. The summed E-state index contributed by atoms with van der Waals surface area (Å²) in [6.07, 6.45) is 2.85. The van der Waals surface area contributed by atoms with Gasteiger partial charge in [0, 0.05) is 18.0 Å². The number of sulfonamides is 1. The van der Waals surface area contributed by atoms with Gasteiger partial charge in [-0.1, -0.05) is 39.3 Å². The van der Waals surface area contributed by atoms with Crippen LogP contribution in [-0.4, -0.2) is 20.2 Å². The van der Waals surface area contributed by atoms with Crippen molar-refractivity contribution < 1.29 is 13.2 Å². The van der Waals surface area contributed by atoms with Gasteiger partial charge in [0.1, 0.15) is 0 Å². The molecule has 1 rings (SSSR count). The molecule has 0 radical (unpaired) electrons. The molecule has 0 bridgehead atoms. The van der Waals surface area contributed by atoms with Gasteiger partial charge in [0.25, 0.3) is 0 Å². The molecule has 112 valence electrons. The molecule has 0 spiro atoms. The van der Waals surface area contributed by atoms with Gasteiger partial charge in [0.15, 0.2) is 5.78 Å². The van der Waals surface area contributed by atoms with Crippen molar-refractivity contribution in [2.24, 2.45) is 0 Å². The Balaban J connectivity index is 3.00. The Labute approximate surface area is 121 Å². The maximum Gasteiger partial charge on any atom is 0.240 e. The third-order valence-corrected chi connectivity index (χ3v) is 4.76. The standard InChI is InChI=1S/C15H23NO3S/c1-4-8-13(5-2)16-20(18,19)14-10-7-9-12(11-14)15(17)6-3/h7,9-11,13,16H,4-6,8H2,1-3H3. The van der Waals surface area contributed by atoms with Crippen molar-refractivity contribution in [3.63, 3.8) is 0 Å². The number of Topliss-reactive ketones (excluding diaryl/α,β-unsaturated/α-hetero) is 1. The fourth-order valence-corrected chi connectivity index (χ4v) is 3.42. The lowest BCUT2D eigenvalue weighted by Crippen LogP contribution is -2.34. The first-order valence-corrected chi connectivity index (χ1v) is 8.58. The number of benzene rings is 1. The summed E-state index contributed by atoms with van der Waals surface area (Å²) < 4.78 is 27.3. The molecule has 0 aliphatic rings. The quantitative estimate of drug-likeness (QED) is 0.750. The molecule has 1 aromatic rings.